The first-order valence-corrected chi connectivity index (χ1v) is 9.77. The molecular weight excluding hydrogens is 369 g/mol. The maximum atomic E-state index is 13.5. The van der Waals surface area contributed by atoms with Gasteiger partial charge < -0.3 is 10.2 Å². The lowest BCUT2D eigenvalue weighted by atomic mass is 10.0. The van der Waals surface area contributed by atoms with Gasteiger partial charge in [-0.05, 0) is 48.7 Å². The van der Waals surface area contributed by atoms with Gasteiger partial charge >= 0.3 is 0 Å². The van der Waals surface area contributed by atoms with Gasteiger partial charge in [0.05, 0.1) is 0 Å². The van der Waals surface area contributed by atoms with E-state index in [0.29, 0.717) is 42.7 Å². The number of pyridine rings is 1. The van der Waals surface area contributed by atoms with Crippen LogP contribution >= 0.6 is 0 Å². The molecule has 1 saturated heterocycles. The molecule has 1 unspecified atom stereocenters. The second kappa shape index (κ2) is 7.62. The normalized spacial score (nSPS) is 17.0. The van der Waals surface area contributed by atoms with Crippen LogP contribution in [0, 0.1) is 23.6 Å². The molecule has 0 bridgehead atoms. The van der Waals surface area contributed by atoms with Crippen LogP contribution in [0.1, 0.15) is 31.7 Å². The van der Waals surface area contributed by atoms with Gasteiger partial charge in [0.25, 0.3) is 0 Å². The molecule has 3 aromatic rings. The summed E-state index contributed by atoms with van der Waals surface area (Å²) in [6.45, 7) is 4.46. The van der Waals surface area contributed by atoms with Crippen molar-refractivity contribution in [2.45, 2.75) is 39.2 Å². The Labute approximate surface area is 168 Å². The van der Waals surface area contributed by atoms with Gasteiger partial charge in [0.2, 0.25) is 5.95 Å². The Hall–Kier alpha value is -3.29. The van der Waals surface area contributed by atoms with Crippen LogP contribution in [-0.2, 0) is 0 Å². The summed E-state index contributed by atoms with van der Waals surface area (Å²) < 4.78 is 15.2. The van der Waals surface area contributed by atoms with E-state index in [2.05, 4.69) is 15.4 Å². The lowest BCUT2D eigenvalue weighted by molar-refractivity contribution is 0.464. The highest BCUT2D eigenvalue weighted by molar-refractivity contribution is 5.98. The number of nitrogens with zero attached hydrogens (tertiary/aromatic N) is 4. The molecule has 0 amide bonds. The van der Waals surface area contributed by atoms with E-state index in [1.165, 1.54) is 12.1 Å². The Balaban J connectivity index is 1.58. The van der Waals surface area contributed by atoms with Crippen molar-refractivity contribution in [2.75, 3.05) is 11.9 Å². The second-order valence-corrected chi connectivity index (χ2v) is 7.32. The van der Waals surface area contributed by atoms with E-state index in [0.717, 1.165) is 23.1 Å². The molecule has 1 aliphatic rings. The van der Waals surface area contributed by atoms with Crippen LogP contribution in [0.5, 0.6) is 0 Å². The maximum absolute atomic E-state index is 13.5. The predicted molar refractivity (Wildman–Crippen MR) is 112 cm³/mol. The quantitative estimate of drug-likeness (QED) is 0.460. The van der Waals surface area contributed by atoms with Gasteiger partial charge in [-0.2, -0.15) is 4.98 Å². The van der Waals surface area contributed by atoms with Crippen molar-refractivity contribution in [3.63, 3.8) is 0 Å². The number of likely N-dealkylation sites (tertiary alicyclic amines) is 1. The van der Waals surface area contributed by atoms with Gasteiger partial charge in [-0.1, -0.05) is 13.0 Å². The van der Waals surface area contributed by atoms with Crippen molar-refractivity contribution >= 4 is 23.3 Å². The van der Waals surface area contributed by atoms with Crippen LogP contribution in [-0.4, -0.2) is 43.8 Å². The number of halogens is 1. The third-order valence-corrected chi connectivity index (χ3v) is 5.30. The molecule has 150 valence electrons. The Bertz CT molecular complexity index is 1090. The number of benzene rings is 1. The molecule has 3 heterocycles. The van der Waals surface area contributed by atoms with Gasteiger partial charge in [0.15, 0.2) is 5.65 Å². The highest BCUT2D eigenvalue weighted by atomic mass is 19.1. The molecule has 1 fully saturated rings. The van der Waals surface area contributed by atoms with Crippen LogP contribution in [0.3, 0.4) is 0 Å². The Morgan fingerprint density at radius 2 is 2.14 bits per heavy atom. The molecule has 2 aromatic heterocycles. The number of fused-ring (bicyclic) bond motifs is 1. The average Bonchev–Trinajstić information content (AvgIpc) is 3.10. The Morgan fingerprint density at radius 3 is 2.86 bits per heavy atom. The molecule has 1 atom stereocenters. The van der Waals surface area contributed by atoms with Crippen molar-refractivity contribution in [3.8, 4) is 11.1 Å². The molecule has 1 aromatic carbocycles. The number of anilines is 1. The van der Waals surface area contributed by atoms with Gasteiger partial charge in [0, 0.05) is 37.2 Å². The van der Waals surface area contributed by atoms with E-state index < -0.39 is 0 Å². The van der Waals surface area contributed by atoms with Gasteiger partial charge in [-0.25, -0.2) is 8.91 Å². The lowest BCUT2D eigenvalue weighted by Crippen LogP contribution is -2.45. The highest BCUT2D eigenvalue weighted by Gasteiger charge is 2.26. The van der Waals surface area contributed by atoms with E-state index >= 15 is 0 Å². The van der Waals surface area contributed by atoms with Gasteiger partial charge in [-0.3, -0.25) is 10.8 Å². The fraction of sp³-hybridized carbons (Fsp3) is 0.333. The van der Waals surface area contributed by atoms with Crippen LogP contribution < -0.4 is 5.32 Å². The third-order valence-electron chi connectivity index (χ3n) is 5.30. The fourth-order valence-electron chi connectivity index (χ4n) is 3.77. The number of piperidine rings is 1. The molecule has 1 aliphatic heterocycles. The summed E-state index contributed by atoms with van der Waals surface area (Å²) in [5.74, 6) is 1.19. The van der Waals surface area contributed by atoms with Crippen molar-refractivity contribution < 1.29 is 4.39 Å². The molecule has 7 nitrogen and oxygen atoms in total. The molecule has 0 saturated carbocycles. The summed E-state index contributed by atoms with van der Waals surface area (Å²) in [5.41, 5.74) is 3.36. The summed E-state index contributed by atoms with van der Waals surface area (Å²) in [7, 11) is 0. The van der Waals surface area contributed by atoms with E-state index in [4.69, 9.17) is 10.8 Å². The van der Waals surface area contributed by atoms with E-state index in [-0.39, 0.29) is 11.9 Å². The largest absolute Gasteiger partial charge is 0.350 e. The number of aryl methyl sites for hydroxylation is 1. The molecule has 0 spiro atoms. The van der Waals surface area contributed by atoms with Crippen molar-refractivity contribution in [3.05, 3.63) is 47.9 Å². The average molecular weight is 393 g/mol. The fourth-order valence-corrected chi connectivity index (χ4v) is 3.77. The minimum absolute atomic E-state index is 0.0526. The molecule has 0 aliphatic carbocycles. The standard InChI is InChI=1S/C21H24FN7/c1-3-18(23)28-10-8-15(12-19(28)24)25-21-26-20-17(5-4-9-29(20)27-21)16-7-6-14(22)11-13(16)2/h4-7,9,11,15,23-24H,3,8,10,12H2,1-2H3,(H,25,27). The van der Waals surface area contributed by atoms with Crippen molar-refractivity contribution in [1.29, 1.82) is 10.8 Å². The first-order chi connectivity index (χ1) is 14.0. The minimum atomic E-state index is -0.257. The minimum Gasteiger partial charge on any atom is -0.350 e. The van der Waals surface area contributed by atoms with Crippen molar-refractivity contribution in [1.82, 2.24) is 19.5 Å². The van der Waals surface area contributed by atoms with Gasteiger partial charge in [-0.15, -0.1) is 5.10 Å². The summed E-state index contributed by atoms with van der Waals surface area (Å²) in [6, 6.07) is 8.64. The summed E-state index contributed by atoms with van der Waals surface area (Å²) >= 11 is 0. The summed E-state index contributed by atoms with van der Waals surface area (Å²) in [6.07, 6.45) is 3.80. The molecule has 8 heteroatoms. The Kier molecular flexibility index (Phi) is 5.00. The number of hydrogen-bond acceptors (Lipinski definition) is 5. The molecule has 0 radical (unpaired) electrons. The monoisotopic (exact) mass is 393 g/mol. The maximum Gasteiger partial charge on any atom is 0.243 e. The number of rotatable bonds is 4. The smallest absolute Gasteiger partial charge is 0.243 e. The third kappa shape index (κ3) is 3.70. The van der Waals surface area contributed by atoms with E-state index in [1.54, 1.807) is 15.5 Å². The molecular formula is C21H24FN7. The second-order valence-electron chi connectivity index (χ2n) is 7.32. The van der Waals surface area contributed by atoms with Crippen LogP contribution in [0.2, 0.25) is 0 Å². The van der Waals surface area contributed by atoms with Crippen molar-refractivity contribution in [2.24, 2.45) is 0 Å². The lowest BCUT2D eigenvalue weighted by Gasteiger charge is -2.33. The molecule has 29 heavy (non-hydrogen) atoms. The topological polar surface area (TPSA) is 93.2 Å². The van der Waals surface area contributed by atoms with E-state index in [9.17, 15) is 4.39 Å². The van der Waals surface area contributed by atoms with Crippen LogP contribution in [0.4, 0.5) is 10.3 Å². The summed E-state index contributed by atoms with van der Waals surface area (Å²) in [5, 5.41) is 24.1. The Morgan fingerprint density at radius 1 is 1.31 bits per heavy atom. The number of hydrogen-bond donors (Lipinski definition) is 3. The zero-order valence-electron chi connectivity index (χ0n) is 16.5. The first-order valence-electron chi connectivity index (χ1n) is 9.77. The predicted octanol–water partition coefficient (Wildman–Crippen LogP) is 4.08. The van der Waals surface area contributed by atoms with Crippen LogP contribution in [0.15, 0.2) is 36.5 Å². The zero-order chi connectivity index (χ0) is 20.5. The van der Waals surface area contributed by atoms with Gasteiger partial charge in [0.1, 0.15) is 17.5 Å². The molecule has 4 rings (SSSR count). The zero-order valence-corrected chi connectivity index (χ0v) is 16.5. The highest BCUT2D eigenvalue weighted by Crippen LogP contribution is 2.28. The molecule has 3 N–H and O–H groups in total. The van der Waals surface area contributed by atoms with E-state index in [1.807, 2.05) is 32.2 Å². The summed E-state index contributed by atoms with van der Waals surface area (Å²) in [4.78, 5) is 6.43. The SMILES string of the molecule is CCC(=N)N1CCC(Nc2nc3c(-c4ccc(F)cc4C)cccn3n2)CC1=N. The first kappa shape index (κ1) is 19.0. The number of aromatic nitrogens is 3. The number of amidine groups is 2. The van der Waals surface area contributed by atoms with Crippen LogP contribution in [0.25, 0.3) is 16.8 Å². The number of nitrogens with one attached hydrogen (secondary N) is 3.